The number of ether oxygens (including phenoxy) is 1. The predicted molar refractivity (Wildman–Crippen MR) is 115 cm³/mol. The molecule has 0 spiro atoms. The van der Waals surface area contributed by atoms with Crippen molar-refractivity contribution < 1.29 is 14.6 Å². The van der Waals surface area contributed by atoms with Crippen LogP contribution in [0.25, 0.3) is 10.9 Å². The highest BCUT2D eigenvalue weighted by molar-refractivity contribution is 6.08. The van der Waals surface area contributed by atoms with E-state index in [-0.39, 0.29) is 12.6 Å². The summed E-state index contributed by atoms with van der Waals surface area (Å²) in [6, 6.07) is 13.4. The number of nitrogens with one attached hydrogen (secondary N) is 1. The van der Waals surface area contributed by atoms with Gasteiger partial charge in [0.2, 0.25) is 0 Å². The van der Waals surface area contributed by atoms with Gasteiger partial charge in [-0.2, -0.15) is 0 Å². The normalized spacial score (nSPS) is 12.0. The van der Waals surface area contributed by atoms with E-state index in [1.54, 1.807) is 18.3 Å². The van der Waals surface area contributed by atoms with E-state index in [1.807, 2.05) is 25.1 Å². The highest BCUT2D eigenvalue weighted by Gasteiger charge is 2.18. The van der Waals surface area contributed by atoms with Gasteiger partial charge in [-0.1, -0.05) is 37.6 Å². The quantitative estimate of drug-likeness (QED) is 0.507. The predicted octanol–water partition coefficient (Wildman–Crippen LogP) is 4.18. The number of hydrogen-bond acceptors (Lipinski definition) is 5. The van der Waals surface area contributed by atoms with Gasteiger partial charge in [0.05, 0.1) is 36.0 Å². The third-order valence-corrected chi connectivity index (χ3v) is 4.90. The van der Waals surface area contributed by atoms with Crippen molar-refractivity contribution in [2.45, 2.75) is 39.3 Å². The fraction of sp³-hybridized carbons (Fsp3) is 0.304. The average molecular weight is 393 g/mol. The van der Waals surface area contributed by atoms with E-state index >= 15 is 0 Å². The molecule has 6 heteroatoms. The molecule has 0 aliphatic heterocycles. The zero-order chi connectivity index (χ0) is 20.8. The molecule has 2 aromatic carbocycles. The van der Waals surface area contributed by atoms with Crippen molar-refractivity contribution in [1.29, 1.82) is 0 Å². The lowest BCUT2D eigenvalue weighted by molar-refractivity contribution is 0.100. The van der Waals surface area contributed by atoms with Crippen LogP contribution in [0.5, 0.6) is 5.75 Å². The Labute approximate surface area is 170 Å². The number of aromatic nitrogens is 1. The van der Waals surface area contributed by atoms with Crippen molar-refractivity contribution in [1.82, 2.24) is 4.98 Å². The van der Waals surface area contributed by atoms with Gasteiger partial charge in [-0.25, -0.2) is 0 Å². The second-order valence-corrected chi connectivity index (χ2v) is 6.87. The number of anilines is 1. The molecule has 0 saturated heterocycles. The zero-order valence-corrected chi connectivity index (χ0v) is 16.8. The first-order valence-electron chi connectivity index (χ1n) is 9.89. The zero-order valence-electron chi connectivity index (χ0n) is 16.8. The van der Waals surface area contributed by atoms with Gasteiger partial charge in [-0.05, 0) is 37.1 Å². The second kappa shape index (κ2) is 9.39. The number of para-hydroxylation sites is 1. The molecule has 1 amide bonds. The minimum Gasteiger partial charge on any atom is -0.494 e. The molecule has 0 aliphatic rings. The second-order valence-electron chi connectivity index (χ2n) is 6.87. The Morgan fingerprint density at radius 1 is 1.21 bits per heavy atom. The van der Waals surface area contributed by atoms with E-state index in [1.165, 1.54) is 0 Å². The molecule has 1 aromatic heterocycles. The van der Waals surface area contributed by atoms with Crippen molar-refractivity contribution >= 4 is 22.5 Å². The number of carbonyl (C=O) groups is 1. The fourth-order valence-electron chi connectivity index (χ4n) is 3.50. The van der Waals surface area contributed by atoms with Crippen LogP contribution in [0.15, 0.2) is 48.7 Å². The van der Waals surface area contributed by atoms with Gasteiger partial charge in [0.15, 0.2) is 0 Å². The number of fused-ring (bicyclic) bond motifs is 1. The fourth-order valence-corrected chi connectivity index (χ4v) is 3.50. The summed E-state index contributed by atoms with van der Waals surface area (Å²) in [6.07, 6.45) is 3.48. The average Bonchev–Trinajstić information content (AvgIpc) is 2.73. The molecule has 6 nitrogen and oxygen atoms in total. The molecule has 0 aliphatic carbocycles. The first-order valence-corrected chi connectivity index (χ1v) is 9.89. The van der Waals surface area contributed by atoms with Crippen LogP contribution in [0, 0.1) is 0 Å². The molecule has 1 atom stereocenters. The van der Waals surface area contributed by atoms with Crippen LogP contribution in [0.2, 0.25) is 0 Å². The summed E-state index contributed by atoms with van der Waals surface area (Å²) in [5.74, 6) is 0.311. The number of primary amides is 1. The largest absolute Gasteiger partial charge is 0.494 e. The topological polar surface area (TPSA) is 97.5 Å². The first-order chi connectivity index (χ1) is 14.1. The molecular formula is C23H27N3O3. The number of hydrogen-bond donors (Lipinski definition) is 3. The van der Waals surface area contributed by atoms with E-state index in [2.05, 4.69) is 29.4 Å². The minimum atomic E-state index is -0.526. The maximum atomic E-state index is 11.8. The van der Waals surface area contributed by atoms with Crippen molar-refractivity contribution in [2.75, 3.05) is 11.9 Å². The minimum absolute atomic E-state index is 0.0313. The Kier molecular flexibility index (Phi) is 6.67. The molecule has 152 valence electrons. The summed E-state index contributed by atoms with van der Waals surface area (Å²) >= 11 is 0. The number of amides is 1. The van der Waals surface area contributed by atoms with Crippen LogP contribution in [0.4, 0.5) is 5.69 Å². The number of aliphatic hydroxyl groups is 1. The van der Waals surface area contributed by atoms with Crippen LogP contribution in [0.3, 0.4) is 0 Å². The standard InChI is InChI=1S/C23H27N3O3/c1-3-6-20(15-9-11-17(12-10-15)29-4-2)26-21-16(14-27)13-25-22-18(21)7-5-8-19(22)23(24)28/h5,7-13,20,27H,3-4,6,14H2,1-2H3,(H2,24,28)(H,25,26)/t20-/m1/s1. The van der Waals surface area contributed by atoms with Gasteiger partial charge >= 0.3 is 0 Å². The van der Waals surface area contributed by atoms with Crippen molar-refractivity contribution in [2.24, 2.45) is 5.73 Å². The monoisotopic (exact) mass is 393 g/mol. The lowest BCUT2D eigenvalue weighted by atomic mass is 9.99. The highest BCUT2D eigenvalue weighted by Crippen LogP contribution is 2.33. The third kappa shape index (κ3) is 4.49. The van der Waals surface area contributed by atoms with Crippen LogP contribution in [-0.4, -0.2) is 22.6 Å². The van der Waals surface area contributed by atoms with E-state index in [0.717, 1.165) is 35.2 Å². The van der Waals surface area contributed by atoms with Gasteiger partial charge in [0.1, 0.15) is 5.75 Å². The van der Waals surface area contributed by atoms with Crippen molar-refractivity contribution in [3.63, 3.8) is 0 Å². The van der Waals surface area contributed by atoms with Gasteiger partial charge in [0.25, 0.3) is 5.91 Å². The number of rotatable bonds is 9. The number of aliphatic hydroxyl groups excluding tert-OH is 1. The van der Waals surface area contributed by atoms with Crippen LogP contribution in [-0.2, 0) is 6.61 Å². The highest BCUT2D eigenvalue weighted by atomic mass is 16.5. The number of pyridine rings is 1. The molecule has 3 rings (SSSR count). The third-order valence-electron chi connectivity index (χ3n) is 4.90. The Morgan fingerprint density at radius 3 is 2.59 bits per heavy atom. The SMILES string of the molecule is CCC[C@@H](Nc1c(CO)cnc2c(C(N)=O)cccc12)c1ccc(OCC)cc1. The molecule has 0 radical (unpaired) electrons. The Morgan fingerprint density at radius 2 is 1.97 bits per heavy atom. The van der Waals surface area contributed by atoms with Crippen molar-refractivity contribution in [3.8, 4) is 5.75 Å². The molecule has 0 unspecified atom stereocenters. The van der Waals surface area contributed by atoms with E-state index < -0.39 is 5.91 Å². The molecule has 29 heavy (non-hydrogen) atoms. The van der Waals surface area contributed by atoms with Crippen LogP contribution < -0.4 is 15.8 Å². The molecule has 0 bridgehead atoms. The lowest BCUT2D eigenvalue weighted by Crippen LogP contribution is -2.15. The van der Waals surface area contributed by atoms with E-state index in [9.17, 15) is 9.90 Å². The molecule has 1 heterocycles. The molecule has 3 aromatic rings. The number of nitrogens with zero attached hydrogens (tertiary/aromatic N) is 1. The van der Waals surface area contributed by atoms with Gasteiger partial charge < -0.3 is 20.9 Å². The smallest absolute Gasteiger partial charge is 0.250 e. The van der Waals surface area contributed by atoms with Gasteiger partial charge in [-0.3, -0.25) is 9.78 Å². The Balaban J connectivity index is 2.05. The number of carbonyl (C=O) groups excluding carboxylic acids is 1. The molecule has 0 fully saturated rings. The maximum Gasteiger partial charge on any atom is 0.250 e. The van der Waals surface area contributed by atoms with Crippen molar-refractivity contribution in [3.05, 3.63) is 65.4 Å². The summed E-state index contributed by atoms with van der Waals surface area (Å²) in [5, 5.41) is 14.2. The van der Waals surface area contributed by atoms with E-state index in [0.29, 0.717) is 23.3 Å². The first kappa shape index (κ1) is 20.6. The summed E-state index contributed by atoms with van der Waals surface area (Å²) in [6.45, 7) is 4.56. The van der Waals surface area contributed by atoms with Gasteiger partial charge in [-0.15, -0.1) is 0 Å². The maximum absolute atomic E-state index is 11.8. The molecule has 4 N–H and O–H groups in total. The molecular weight excluding hydrogens is 366 g/mol. The summed E-state index contributed by atoms with van der Waals surface area (Å²) < 4.78 is 5.54. The number of benzene rings is 2. The Hall–Kier alpha value is -3.12. The molecule has 0 saturated carbocycles. The summed E-state index contributed by atoms with van der Waals surface area (Å²) in [4.78, 5) is 16.2. The lowest BCUT2D eigenvalue weighted by Gasteiger charge is -2.23. The number of nitrogens with two attached hydrogens (primary N) is 1. The summed E-state index contributed by atoms with van der Waals surface area (Å²) in [5.41, 5.74) is 8.98. The summed E-state index contributed by atoms with van der Waals surface area (Å²) in [7, 11) is 0. The van der Waals surface area contributed by atoms with Crippen LogP contribution in [0.1, 0.15) is 54.2 Å². The van der Waals surface area contributed by atoms with Crippen LogP contribution >= 0.6 is 0 Å². The Bertz CT molecular complexity index is 987. The van der Waals surface area contributed by atoms with E-state index in [4.69, 9.17) is 10.5 Å². The van der Waals surface area contributed by atoms with Gasteiger partial charge in [0, 0.05) is 17.1 Å².